The minimum absolute atomic E-state index is 0.0667. The smallest absolute Gasteiger partial charge is 0.330 e. The average molecular weight is 940 g/mol. The summed E-state index contributed by atoms with van der Waals surface area (Å²) in [4.78, 5) is 81.4. The summed E-state index contributed by atoms with van der Waals surface area (Å²) in [6, 6.07) is 22.2. The predicted molar refractivity (Wildman–Crippen MR) is 251 cm³/mol. The van der Waals surface area contributed by atoms with Crippen LogP contribution in [0.2, 0.25) is 0 Å². The van der Waals surface area contributed by atoms with Gasteiger partial charge < -0.3 is 32.8 Å². The topological polar surface area (TPSA) is 184 Å². The molecule has 2 fully saturated rings. The van der Waals surface area contributed by atoms with Gasteiger partial charge in [-0.2, -0.15) is 0 Å². The normalized spacial score (nSPS) is 18.0. The van der Waals surface area contributed by atoms with Gasteiger partial charge in [0.1, 0.15) is 39.7 Å². The first-order chi connectivity index (χ1) is 32.8. The maximum atomic E-state index is 13.8. The van der Waals surface area contributed by atoms with Gasteiger partial charge >= 0.3 is 29.8 Å². The van der Waals surface area contributed by atoms with Gasteiger partial charge in [0.2, 0.25) is 0 Å². The molecule has 0 saturated heterocycles. The first kappa shape index (κ1) is 47.1. The number of aryl methyl sites for hydroxylation is 2. The van der Waals surface area contributed by atoms with E-state index in [9.17, 15) is 28.8 Å². The Bertz CT molecular complexity index is 2740. The molecule has 0 spiro atoms. The Morgan fingerprint density at radius 3 is 1.72 bits per heavy atom. The van der Waals surface area contributed by atoms with Crippen molar-refractivity contribution in [1.29, 1.82) is 0 Å². The molecule has 15 heteroatoms. The number of rotatable bonds is 16. The average Bonchev–Trinajstić information content (AvgIpc) is 4.00. The lowest BCUT2D eigenvalue weighted by Gasteiger charge is -2.26. The fourth-order valence-corrected chi connectivity index (χ4v) is 9.40. The zero-order valence-electron chi connectivity index (χ0n) is 37.6. The third kappa shape index (κ3) is 11.2. The molecule has 8 rings (SSSR count). The zero-order chi connectivity index (χ0) is 47.9. The molecule has 0 amide bonds. The lowest BCUT2D eigenvalue weighted by atomic mass is 9.82. The van der Waals surface area contributed by atoms with Crippen LogP contribution in [0.4, 0.5) is 0 Å². The molecule has 68 heavy (non-hydrogen) atoms. The Kier molecular flexibility index (Phi) is 14.6. The number of furan rings is 1. The summed E-state index contributed by atoms with van der Waals surface area (Å²) >= 11 is 1.25. The van der Waals surface area contributed by atoms with E-state index >= 15 is 0 Å². The Balaban J connectivity index is 0.912. The number of fused-ring (bicyclic) bond motifs is 2. The Hall–Kier alpha value is -7.39. The summed E-state index contributed by atoms with van der Waals surface area (Å²) in [6.45, 7) is 10.7. The molecule has 350 valence electrons. The van der Waals surface area contributed by atoms with Crippen molar-refractivity contribution in [2.24, 2.45) is 23.7 Å². The van der Waals surface area contributed by atoms with Gasteiger partial charge in [-0.05, 0) is 149 Å². The molecule has 2 saturated carbocycles. The summed E-state index contributed by atoms with van der Waals surface area (Å²) < 4.78 is 40.6. The number of ketones is 1. The first-order valence-corrected chi connectivity index (χ1v) is 23.2. The molecule has 2 heterocycles. The number of carbonyl (C=O) groups is 6. The van der Waals surface area contributed by atoms with Gasteiger partial charge in [-0.25, -0.2) is 9.78 Å². The van der Waals surface area contributed by atoms with Gasteiger partial charge in [0.05, 0.1) is 23.7 Å². The van der Waals surface area contributed by atoms with Gasteiger partial charge in [-0.15, -0.1) is 11.3 Å². The molecule has 0 unspecified atom stereocenters. The van der Waals surface area contributed by atoms with Crippen molar-refractivity contribution >= 4 is 68.2 Å². The highest BCUT2D eigenvalue weighted by atomic mass is 32.1. The van der Waals surface area contributed by atoms with Crippen LogP contribution in [0.5, 0.6) is 28.7 Å². The van der Waals surface area contributed by atoms with E-state index in [1.54, 1.807) is 60.7 Å². The number of nitrogens with zero attached hydrogens (tertiary/aromatic N) is 1. The largest absolute Gasteiger partial charge is 0.485 e. The number of esters is 5. The second kappa shape index (κ2) is 21.1. The Morgan fingerprint density at radius 2 is 1.16 bits per heavy atom. The van der Waals surface area contributed by atoms with E-state index in [0.29, 0.717) is 95.2 Å². The van der Waals surface area contributed by atoms with E-state index in [1.807, 2.05) is 26.0 Å². The number of benzene rings is 4. The van der Waals surface area contributed by atoms with Gasteiger partial charge in [0.15, 0.2) is 34.7 Å². The van der Waals surface area contributed by atoms with Crippen LogP contribution in [0.3, 0.4) is 0 Å². The molecule has 2 aliphatic carbocycles. The molecule has 14 nitrogen and oxygen atoms in total. The van der Waals surface area contributed by atoms with Crippen molar-refractivity contribution in [2.75, 3.05) is 6.61 Å². The van der Waals surface area contributed by atoms with Crippen LogP contribution in [0, 0.1) is 37.5 Å². The zero-order valence-corrected chi connectivity index (χ0v) is 38.4. The highest BCUT2D eigenvalue weighted by Crippen LogP contribution is 2.44. The third-order valence-corrected chi connectivity index (χ3v) is 13.3. The van der Waals surface area contributed by atoms with E-state index in [4.69, 9.17) is 37.8 Å². The van der Waals surface area contributed by atoms with Crippen molar-refractivity contribution in [3.05, 3.63) is 121 Å². The summed E-state index contributed by atoms with van der Waals surface area (Å²) in [5.74, 6) is -2.11. The van der Waals surface area contributed by atoms with Crippen LogP contribution in [0.1, 0.15) is 68.1 Å². The molecule has 6 aromatic rings. The lowest BCUT2D eigenvalue weighted by Crippen LogP contribution is -2.30. The molecular formula is C53H49NO13S. The SMILES string of the molecule is C=CC(=O)COc1ccc(OC(=O)C2CCC(C(=O)Oc3ccc(OC(=O)C4CCC(C(=O)Oc5ccc(COC(=O)C=C)cc5)CC4)c4sc(-c5cc6c(C)cc(C)cc6o5)nc34)CC2)cc1. The van der Waals surface area contributed by atoms with Crippen LogP contribution in [0.25, 0.3) is 32.0 Å². The standard InChI is InChI=1S/C53H49NO13S/c1-5-37(55)29-61-38-19-21-40(22-20-38)64-51(58)34-9-13-35(14-10-34)52(59)66-42-23-24-43(48-47(42)54-49(68-48)45-27-41-31(4)25-30(3)26-44(41)65-45)67-53(60)36-15-11-33(12-16-36)50(57)63-39-17-7-32(8-18-39)28-62-46(56)6-2/h5-8,17-27,33-36H,1-2,9-16,28-29H2,3-4H3. The minimum Gasteiger partial charge on any atom is -0.485 e. The molecule has 2 aliphatic rings. The van der Waals surface area contributed by atoms with E-state index in [-0.39, 0.29) is 36.5 Å². The molecule has 0 bridgehead atoms. The van der Waals surface area contributed by atoms with E-state index in [2.05, 4.69) is 19.2 Å². The van der Waals surface area contributed by atoms with Crippen molar-refractivity contribution in [3.8, 4) is 39.5 Å². The summed E-state index contributed by atoms with van der Waals surface area (Å²) in [5.41, 5.74) is 3.86. The predicted octanol–water partition coefficient (Wildman–Crippen LogP) is 10.3. The molecular weight excluding hydrogens is 891 g/mol. The van der Waals surface area contributed by atoms with Crippen molar-refractivity contribution in [2.45, 2.75) is 71.8 Å². The molecule has 0 atom stereocenters. The van der Waals surface area contributed by atoms with Crippen molar-refractivity contribution in [3.63, 3.8) is 0 Å². The Labute approximate surface area is 395 Å². The monoisotopic (exact) mass is 939 g/mol. The van der Waals surface area contributed by atoms with Crippen molar-refractivity contribution < 1.29 is 61.6 Å². The highest BCUT2D eigenvalue weighted by Gasteiger charge is 2.35. The quantitative estimate of drug-likeness (QED) is 0.0507. The maximum Gasteiger partial charge on any atom is 0.330 e. The van der Waals surface area contributed by atoms with Crippen LogP contribution < -0.4 is 23.7 Å². The van der Waals surface area contributed by atoms with E-state index < -0.39 is 47.5 Å². The molecule has 2 aromatic heterocycles. The molecule has 4 aromatic carbocycles. The minimum atomic E-state index is -0.532. The van der Waals surface area contributed by atoms with Gasteiger partial charge in [-0.3, -0.25) is 24.0 Å². The summed E-state index contributed by atoms with van der Waals surface area (Å²) in [5, 5.41) is 1.44. The number of ether oxygens (including phenoxy) is 6. The first-order valence-electron chi connectivity index (χ1n) is 22.4. The van der Waals surface area contributed by atoms with Crippen LogP contribution in [0.15, 0.2) is 109 Å². The van der Waals surface area contributed by atoms with Gasteiger partial charge in [0.25, 0.3) is 0 Å². The maximum absolute atomic E-state index is 13.8. The van der Waals surface area contributed by atoms with E-state index in [0.717, 1.165) is 28.2 Å². The van der Waals surface area contributed by atoms with Gasteiger partial charge in [-0.1, -0.05) is 31.4 Å². The van der Waals surface area contributed by atoms with Gasteiger partial charge in [0, 0.05) is 11.5 Å². The summed E-state index contributed by atoms with van der Waals surface area (Å²) in [7, 11) is 0. The number of hydrogen-bond acceptors (Lipinski definition) is 15. The van der Waals surface area contributed by atoms with Crippen molar-refractivity contribution in [1.82, 2.24) is 4.98 Å². The number of aromatic nitrogens is 1. The Morgan fingerprint density at radius 1 is 0.647 bits per heavy atom. The second-order valence-electron chi connectivity index (χ2n) is 17.0. The number of thiazole rings is 1. The van der Waals surface area contributed by atoms with Crippen LogP contribution in [-0.2, 0) is 40.1 Å². The van der Waals surface area contributed by atoms with Crippen LogP contribution >= 0.6 is 11.3 Å². The van der Waals surface area contributed by atoms with Crippen LogP contribution in [-0.4, -0.2) is 47.2 Å². The fourth-order valence-electron chi connectivity index (χ4n) is 8.42. The van der Waals surface area contributed by atoms with E-state index in [1.165, 1.54) is 17.4 Å². The molecule has 0 aliphatic heterocycles. The highest BCUT2D eigenvalue weighted by molar-refractivity contribution is 7.22. The second-order valence-corrected chi connectivity index (χ2v) is 18.0. The molecule has 0 N–H and O–H groups in total. The third-order valence-electron chi connectivity index (χ3n) is 12.2. The lowest BCUT2D eigenvalue weighted by molar-refractivity contribution is -0.145. The molecule has 0 radical (unpaired) electrons. The number of carbonyl (C=O) groups excluding carboxylic acids is 6. The fraction of sp³-hybridized carbons (Fsp3) is 0.302. The summed E-state index contributed by atoms with van der Waals surface area (Å²) in [6.07, 6.45) is 5.63. The number of hydrogen-bond donors (Lipinski definition) is 0.